The smallest absolute Gasteiger partial charge is 1.00 e. The van der Waals surface area contributed by atoms with Gasteiger partial charge < -0.3 is 24.8 Å². The van der Waals surface area contributed by atoms with Crippen LogP contribution >= 0.6 is 0 Å². The van der Waals surface area contributed by atoms with E-state index < -0.39 is 0 Å². The van der Waals surface area contributed by atoms with Crippen LogP contribution in [0.3, 0.4) is 0 Å². The van der Waals surface area contributed by atoms with Crippen LogP contribution in [0.5, 0.6) is 0 Å². The molecule has 0 N–H and O–H groups in total. The molecule has 0 fully saturated rings. The quantitative estimate of drug-likeness (QED) is 0.160. The fraction of sp³-hybridized carbons (Fsp3) is 0.0800. The minimum Gasteiger partial charge on any atom is -1.00 e. The molecule has 0 aromatic heterocycles. The first-order chi connectivity index (χ1) is 24.6. The molecule has 2 aliphatic carbocycles. The summed E-state index contributed by atoms with van der Waals surface area (Å²) in [5.41, 5.74) is 10.8. The molecule has 10 rings (SSSR count). The second kappa shape index (κ2) is 17.9. The van der Waals surface area contributed by atoms with Gasteiger partial charge in [-0.1, -0.05) is 194 Å². The zero-order chi connectivity index (χ0) is 33.6. The molecule has 0 saturated heterocycles. The van der Waals surface area contributed by atoms with E-state index in [4.69, 9.17) is 0 Å². The maximum atomic E-state index is 2.38. The molecule has 0 aliphatic heterocycles. The summed E-state index contributed by atoms with van der Waals surface area (Å²) in [6.45, 7) is 4.59. The van der Waals surface area contributed by atoms with Crippen LogP contribution in [0.1, 0.15) is 36.1 Å². The predicted octanol–water partition coefficient (Wildman–Crippen LogP) is 7.66. The van der Waals surface area contributed by atoms with Gasteiger partial charge in [0.2, 0.25) is 0 Å². The first kappa shape index (κ1) is 41.5. The largest absolute Gasteiger partial charge is 2.00 e. The van der Waals surface area contributed by atoms with Gasteiger partial charge in [-0.25, -0.2) is 0 Å². The summed E-state index contributed by atoms with van der Waals surface area (Å²) in [4.78, 5) is 0. The topological polar surface area (TPSA) is 0 Å². The molecule has 0 nitrogen and oxygen atoms in total. The molecule has 8 aromatic rings. The van der Waals surface area contributed by atoms with Gasteiger partial charge in [0.05, 0.1) is 0 Å². The van der Waals surface area contributed by atoms with Gasteiger partial charge in [0.15, 0.2) is 0 Å². The van der Waals surface area contributed by atoms with Gasteiger partial charge in [-0.05, 0) is 34.1 Å². The van der Waals surface area contributed by atoms with Crippen molar-refractivity contribution < 1.29 is 77.2 Å². The van der Waals surface area contributed by atoms with E-state index in [9.17, 15) is 0 Å². The first-order valence-corrected chi connectivity index (χ1v) is 17.7. The molecule has 2 atom stereocenters. The van der Waals surface area contributed by atoms with E-state index in [0.29, 0.717) is 11.8 Å². The minimum absolute atomic E-state index is 0. The molecule has 0 amide bonds. The molecule has 0 bridgehead atoms. The summed E-state index contributed by atoms with van der Waals surface area (Å²) in [7, 11) is 0. The van der Waals surface area contributed by atoms with Crippen LogP contribution in [0.15, 0.2) is 182 Å². The van der Waals surface area contributed by atoms with Crippen LogP contribution < -0.4 is 24.8 Å². The molecule has 260 valence electrons. The fourth-order valence-electron chi connectivity index (χ4n) is 8.14. The zero-order valence-electron chi connectivity index (χ0n) is 30.2. The third-order valence-corrected chi connectivity index (χ3v) is 10.6. The van der Waals surface area contributed by atoms with Crippen LogP contribution in [0.2, 0.25) is 0 Å². The monoisotopic (exact) mass is 888 g/mol. The van der Waals surface area contributed by atoms with Crippen LogP contribution in [0.25, 0.3) is 65.4 Å². The maximum Gasteiger partial charge on any atom is 2.00 e. The number of rotatable bonds is 4. The van der Waals surface area contributed by atoms with Gasteiger partial charge in [0.25, 0.3) is 0 Å². The van der Waals surface area contributed by atoms with Crippen molar-refractivity contribution in [3.8, 4) is 0 Å². The Hall–Kier alpha value is -3.63. The van der Waals surface area contributed by atoms with Crippen LogP contribution in [-0.4, -0.2) is 0 Å². The molecule has 4 heteroatoms. The first-order valence-electron chi connectivity index (χ1n) is 17.7. The average Bonchev–Trinajstić information content (AvgIpc) is 3.95. The van der Waals surface area contributed by atoms with Crippen molar-refractivity contribution >= 4 is 65.4 Å². The summed E-state index contributed by atoms with van der Waals surface area (Å²) in [6.07, 6.45) is 9.50. The Morgan fingerprint density at radius 3 is 1.15 bits per heavy atom. The Labute approximate surface area is 369 Å². The van der Waals surface area contributed by atoms with Crippen molar-refractivity contribution in [3.63, 3.8) is 0 Å². The van der Waals surface area contributed by atoms with Crippen molar-refractivity contribution in [2.75, 3.05) is 0 Å². The van der Waals surface area contributed by atoms with Gasteiger partial charge in [0, 0.05) is 0 Å². The Morgan fingerprint density at radius 2 is 0.741 bits per heavy atom. The maximum absolute atomic E-state index is 2.38. The number of benzene rings is 6. The second-order valence-electron chi connectivity index (χ2n) is 13.7. The van der Waals surface area contributed by atoms with E-state index in [1.165, 1.54) is 87.6 Å². The van der Waals surface area contributed by atoms with E-state index in [-0.39, 0.29) is 77.2 Å². The molecule has 0 saturated carbocycles. The summed E-state index contributed by atoms with van der Waals surface area (Å²) in [6, 6.07) is 56.8. The molecule has 8 aromatic carbocycles. The third kappa shape index (κ3) is 7.75. The van der Waals surface area contributed by atoms with Gasteiger partial charge in [-0.2, -0.15) is 0 Å². The Bertz CT molecular complexity index is 2480. The number of hydrogen-bond donors (Lipinski definition) is 0. The Kier molecular flexibility index (Phi) is 13.8. The van der Waals surface area contributed by atoms with Gasteiger partial charge in [-0.15, -0.1) is 67.4 Å². The summed E-state index contributed by atoms with van der Waals surface area (Å²) in [5, 5.41) is 10.8. The van der Waals surface area contributed by atoms with Crippen molar-refractivity contribution in [1.82, 2.24) is 0 Å². The minimum atomic E-state index is 0. The van der Waals surface area contributed by atoms with Crippen molar-refractivity contribution in [2.24, 2.45) is 11.8 Å². The van der Waals surface area contributed by atoms with Gasteiger partial charge >= 0.3 is 52.4 Å². The SMILES string of the molecule is CC1C=C(c2ccccc2)C=C1c1cccc2c1[cH-]c1ccccc12.CC1C=C(c2ccccc2)C=C1c1cccc2c1[cH-]c1ccccc12.[Cl-].[Cl-].[Zr+2].[Zr+2]. The van der Waals surface area contributed by atoms with Crippen molar-refractivity contribution in [2.45, 2.75) is 13.8 Å². The van der Waals surface area contributed by atoms with Crippen LogP contribution in [0.4, 0.5) is 0 Å². The fourth-order valence-corrected chi connectivity index (χ4v) is 8.14. The van der Waals surface area contributed by atoms with Gasteiger partial charge in [-0.3, -0.25) is 0 Å². The molecule has 0 radical (unpaired) electrons. The molecule has 0 spiro atoms. The van der Waals surface area contributed by atoms with Crippen molar-refractivity contribution in [3.05, 3.63) is 204 Å². The molecular weight excluding hydrogens is 854 g/mol. The Balaban J connectivity index is 0.000000193. The van der Waals surface area contributed by atoms with E-state index in [1.54, 1.807) is 0 Å². The van der Waals surface area contributed by atoms with Crippen LogP contribution in [0, 0.1) is 11.8 Å². The van der Waals surface area contributed by atoms with E-state index in [1.807, 2.05) is 0 Å². The molecular formula is C50H38Cl2Zr2. The van der Waals surface area contributed by atoms with Gasteiger partial charge in [0.1, 0.15) is 0 Å². The second-order valence-corrected chi connectivity index (χ2v) is 13.7. The van der Waals surface area contributed by atoms with E-state index >= 15 is 0 Å². The normalized spacial score (nSPS) is 15.8. The number of allylic oxidation sites excluding steroid dienone is 8. The van der Waals surface area contributed by atoms with Crippen LogP contribution in [-0.2, 0) is 52.4 Å². The summed E-state index contributed by atoms with van der Waals surface area (Å²) < 4.78 is 0. The zero-order valence-corrected chi connectivity index (χ0v) is 36.7. The van der Waals surface area contributed by atoms with Crippen molar-refractivity contribution in [1.29, 1.82) is 0 Å². The predicted molar refractivity (Wildman–Crippen MR) is 217 cm³/mol. The average molecular weight is 892 g/mol. The molecule has 2 unspecified atom stereocenters. The number of halogens is 2. The molecule has 2 aliphatic rings. The third-order valence-electron chi connectivity index (χ3n) is 10.6. The summed E-state index contributed by atoms with van der Waals surface area (Å²) in [5.74, 6) is 0.859. The number of hydrogen-bond acceptors (Lipinski definition) is 0. The number of fused-ring (bicyclic) bond motifs is 6. The van der Waals surface area contributed by atoms with E-state index in [2.05, 4.69) is 196 Å². The molecule has 54 heavy (non-hydrogen) atoms. The van der Waals surface area contributed by atoms with E-state index in [0.717, 1.165) is 0 Å². The molecule has 0 heterocycles. The Morgan fingerprint density at radius 1 is 0.389 bits per heavy atom. The standard InChI is InChI=1S/2C25H19.2ClH.2Zr/c2*1-17-14-20(18-8-3-2-4-9-18)16-24(17)23-13-7-12-22-21-11-6-5-10-19(21)15-25(22)23;;;;/h2*2-17H,1H3;2*1H;;/q2*-1;;;2*+2/p-2. The summed E-state index contributed by atoms with van der Waals surface area (Å²) >= 11 is 0.